The number of aromatic nitrogens is 2. The van der Waals surface area contributed by atoms with Crippen LogP contribution in [0.5, 0.6) is 5.75 Å². The van der Waals surface area contributed by atoms with Crippen LogP contribution < -0.4 is 14.4 Å². The molecular formula is C20H24N4OS. The van der Waals surface area contributed by atoms with Crippen molar-refractivity contribution in [1.29, 1.82) is 0 Å². The second kappa shape index (κ2) is 6.74. The maximum Gasteiger partial charge on any atom is 0.226 e. The van der Waals surface area contributed by atoms with Gasteiger partial charge in [-0.3, -0.25) is 4.72 Å². The Kier molecular flexibility index (Phi) is 4.25. The number of fused-ring (bicyclic) bond motifs is 2. The fourth-order valence-corrected chi connectivity index (χ4v) is 4.65. The molecule has 5 nitrogen and oxygen atoms in total. The lowest BCUT2D eigenvalue weighted by Gasteiger charge is -2.31. The molecule has 1 fully saturated rings. The maximum absolute atomic E-state index is 5.88. The number of aryl methyl sites for hydroxylation is 1. The van der Waals surface area contributed by atoms with Crippen LogP contribution in [0, 0.1) is 0 Å². The van der Waals surface area contributed by atoms with Gasteiger partial charge < -0.3 is 9.64 Å². The lowest BCUT2D eigenvalue weighted by molar-refractivity contribution is 0.264. The highest BCUT2D eigenvalue weighted by atomic mass is 32.2. The molecule has 6 heteroatoms. The molecule has 0 radical (unpaired) electrons. The molecule has 1 N–H and O–H groups in total. The first-order valence-electron chi connectivity index (χ1n) is 9.54. The molecule has 0 amide bonds. The molecular weight excluding hydrogens is 344 g/mol. The molecule has 1 aromatic carbocycles. The molecule has 0 bridgehead atoms. The molecule has 3 heterocycles. The average molecular weight is 369 g/mol. The molecule has 136 valence electrons. The number of anilines is 1. The van der Waals surface area contributed by atoms with E-state index in [-0.39, 0.29) is 0 Å². The van der Waals surface area contributed by atoms with Crippen LogP contribution in [-0.2, 0) is 12.8 Å². The second-order valence-electron chi connectivity index (χ2n) is 7.26. The van der Waals surface area contributed by atoms with Crippen molar-refractivity contribution in [3.63, 3.8) is 0 Å². The fraction of sp³-hybridized carbons (Fsp3) is 0.500. The number of nitrogens with one attached hydrogen (secondary N) is 1. The van der Waals surface area contributed by atoms with Crippen LogP contribution >= 0.6 is 11.9 Å². The molecule has 0 saturated carbocycles. The minimum Gasteiger partial charge on any atom is -0.493 e. The molecule has 2 aromatic rings. The van der Waals surface area contributed by atoms with E-state index in [1.54, 1.807) is 11.9 Å². The van der Waals surface area contributed by atoms with Crippen LogP contribution in [0.1, 0.15) is 42.1 Å². The van der Waals surface area contributed by atoms with Crippen LogP contribution in [0.3, 0.4) is 0 Å². The second-order valence-corrected chi connectivity index (χ2v) is 7.90. The van der Waals surface area contributed by atoms with Crippen molar-refractivity contribution in [3.05, 3.63) is 35.0 Å². The SMILES string of the molecule is CSNC1CCOc2ccc(-c3nc(N4CCC4)nc4c3CCC4)cc21. The first-order chi connectivity index (χ1) is 12.8. The molecule has 2 aliphatic heterocycles. The van der Waals surface area contributed by atoms with Crippen LogP contribution in [0.2, 0.25) is 0 Å². The number of rotatable bonds is 4. The smallest absolute Gasteiger partial charge is 0.226 e. The summed E-state index contributed by atoms with van der Waals surface area (Å²) in [6.45, 7) is 2.93. The van der Waals surface area contributed by atoms with E-state index in [9.17, 15) is 0 Å². The number of hydrogen-bond donors (Lipinski definition) is 1. The molecule has 0 spiro atoms. The summed E-state index contributed by atoms with van der Waals surface area (Å²) in [7, 11) is 0. The van der Waals surface area contributed by atoms with Gasteiger partial charge in [-0.15, -0.1) is 0 Å². The third kappa shape index (κ3) is 2.76. The minimum atomic E-state index is 0.332. The molecule has 1 aromatic heterocycles. The zero-order valence-electron chi connectivity index (χ0n) is 15.1. The van der Waals surface area contributed by atoms with E-state index in [0.717, 1.165) is 56.4 Å². The van der Waals surface area contributed by atoms with Gasteiger partial charge in [-0.25, -0.2) is 9.97 Å². The van der Waals surface area contributed by atoms with E-state index in [1.165, 1.54) is 35.2 Å². The summed E-state index contributed by atoms with van der Waals surface area (Å²) in [5.41, 5.74) is 6.18. The van der Waals surface area contributed by atoms with Gasteiger partial charge in [0.05, 0.1) is 12.3 Å². The van der Waals surface area contributed by atoms with E-state index in [0.29, 0.717) is 6.04 Å². The normalized spacial score (nSPS) is 21.0. The highest BCUT2D eigenvalue weighted by Gasteiger charge is 2.26. The first kappa shape index (κ1) is 16.4. The highest BCUT2D eigenvalue weighted by Crippen LogP contribution is 2.38. The summed E-state index contributed by atoms with van der Waals surface area (Å²) in [5.74, 6) is 1.92. The Morgan fingerprint density at radius 3 is 2.92 bits per heavy atom. The third-order valence-electron chi connectivity index (χ3n) is 5.64. The van der Waals surface area contributed by atoms with Crippen LogP contribution in [0.15, 0.2) is 18.2 Å². The summed E-state index contributed by atoms with van der Waals surface area (Å²) < 4.78 is 9.40. The molecule has 1 aliphatic carbocycles. The number of benzene rings is 1. The van der Waals surface area contributed by atoms with Gasteiger partial charge in [0, 0.05) is 47.9 Å². The molecule has 26 heavy (non-hydrogen) atoms. The Labute approximate surface area is 158 Å². The van der Waals surface area contributed by atoms with Gasteiger partial charge in [-0.2, -0.15) is 0 Å². The van der Waals surface area contributed by atoms with Crippen molar-refractivity contribution >= 4 is 17.9 Å². The van der Waals surface area contributed by atoms with Crippen molar-refractivity contribution in [2.24, 2.45) is 0 Å². The zero-order valence-corrected chi connectivity index (χ0v) is 15.9. The van der Waals surface area contributed by atoms with Crippen molar-refractivity contribution in [1.82, 2.24) is 14.7 Å². The Morgan fingerprint density at radius 2 is 2.12 bits per heavy atom. The summed E-state index contributed by atoms with van der Waals surface area (Å²) >= 11 is 1.67. The quantitative estimate of drug-likeness (QED) is 0.833. The van der Waals surface area contributed by atoms with E-state index >= 15 is 0 Å². The highest BCUT2D eigenvalue weighted by molar-refractivity contribution is 7.96. The number of ether oxygens (including phenoxy) is 1. The van der Waals surface area contributed by atoms with Crippen molar-refractivity contribution in [2.75, 3.05) is 30.9 Å². The standard InChI is InChI=1S/C20H24N4OS/c1-26-23-17-8-11-25-18-7-6-13(12-15(17)18)19-14-4-2-5-16(14)21-20(22-19)24-9-3-10-24/h6-7,12,17,23H,2-5,8-11H2,1H3. The van der Waals surface area contributed by atoms with Crippen molar-refractivity contribution in [2.45, 2.75) is 38.1 Å². The van der Waals surface area contributed by atoms with Gasteiger partial charge in [0.2, 0.25) is 5.95 Å². The van der Waals surface area contributed by atoms with Gasteiger partial charge in [-0.05, 0) is 50.1 Å². The summed E-state index contributed by atoms with van der Waals surface area (Å²) in [4.78, 5) is 12.2. The number of nitrogens with zero attached hydrogens (tertiary/aromatic N) is 3. The van der Waals surface area contributed by atoms with E-state index in [4.69, 9.17) is 14.7 Å². The van der Waals surface area contributed by atoms with E-state index in [1.807, 2.05) is 0 Å². The van der Waals surface area contributed by atoms with Crippen molar-refractivity contribution in [3.8, 4) is 17.0 Å². The molecule has 1 atom stereocenters. The van der Waals surface area contributed by atoms with Crippen LogP contribution in [0.25, 0.3) is 11.3 Å². The maximum atomic E-state index is 5.88. The van der Waals surface area contributed by atoms with Crippen molar-refractivity contribution < 1.29 is 4.74 Å². The lowest BCUT2D eigenvalue weighted by Crippen LogP contribution is -2.38. The lowest BCUT2D eigenvalue weighted by atomic mass is 9.96. The van der Waals surface area contributed by atoms with Gasteiger partial charge in [0.15, 0.2) is 0 Å². The largest absolute Gasteiger partial charge is 0.493 e. The fourth-order valence-electron chi connectivity index (χ4n) is 4.12. The minimum absolute atomic E-state index is 0.332. The number of hydrogen-bond acceptors (Lipinski definition) is 6. The summed E-state index contributed by atoms with van der Waals surface area (Å²) in [6, 6.07) is 6.90. The van der Waals surface area contributed by atoms with Gasteiger partial charge in [0.25, 0.3) is 0 Å². The predicted molar refractivity (Wildman–Crippen MR) is 106 cm³/mol. The molecule has 5 rings (SSSR count). The Bertz CT molecular complexity index is 837. The third-order valence-corrected chi connectivity index (χ3v) is 6.16. The molecule has 1 unspecified atom stereocenters. The Hall–Kier alpha value is -1.79. The topological polar surface area (TPSA) is 50.3 Å². The Morgan fingerprint density at radius 1 is 1.19 bits per heavy atom. The average Bonchev–Trinajstić information content (AvgIpc) is 3.08. The van der Waals surface area contributed by atoms with E-state index < -0.39 is 0 Å². The van der Waals surface area contributed by atoms with Crippen LogP contribution in [0.4, 0.5) is 5.95 Å². The zero-order chi connectivity index (χ0) is 17.5. The van der Waals surface area contributed by atoms with Gasteiger partial charge >= 0.3 is 0 Å². The summed E-state index contributed by atoms with van der Waals surface area (Å²) in [5, 5.41) is 0. The molecule has 3 aliphatic rings. The van der Waals surface area contributed by atoms with Gasteiger partial charge in [-0.1, -0.05) is 11.9 Å². The summed E-state index contributed by atoms with van der Waals surface area (Å²) in [6.07, 6.45) is 7.68. The first-order valence-corrected chi connectivity index (χ1v) is 10.8. The monoisotopic (exact) mass is 368 g/mol. The van der Waals surface area contributed by atoms with E-state index in [2.05, 4.69) is 34.1 Å². The predicted octanol–water partition coefficient (Wildman–Crippen LogP) is 3.53. The van der Waals surface area contributed by atoms with Crippen LogP contribution in [-0.4, -0.2) is 35.9 Å². The van der Waals surface area contributed by atoms with Gasteiger partial charge in [0.1, 0.15) is 5.75 Å². The Balaban J connectivity index is 1.59. The molecule has 1 saturated heterocycles.